The van der Waals surface area contributed by atoms with Gasteiger partial charge in [-0.25, -0.2) is 0 Å². The van der Waals surface area contributed by atoms with E-state index in [1.165, 1.54) is 6.08 Å². The Morgan fingerprint density at radius 3 is 2.76 bits per heavy atom. The van der Waals surface area contributed by atoms with Crippen molar-refractivity contribution in [2.75, 3.05) is 13.1 Å². The molecule has 1 unspecified atom stereocenters. The van der Waals surface area contributed by atoms with Gasteiger partial charge in [-0.2, -0.15) is 0 Å². The number of rotatable bonds is 4. The molecule has 5 heteroatoms. The van der Waals surface area contributed by atoms with Gasteiger partial charge in [0.15, 0.2) is 0 Å². The minimum atomic E-state index is -0.822. The molecule has 0 aromatic carbocycles. The first-order valence-electron chi connectivity index (χ1n) is 7.06. The van der Waals surface area contributed by atoms with Crippen LogP contribution in [0, 0.1) is 11.3 Å². The smallest absolute Gasteiger partial charge is 0.311 e. The van der Waals surface area contributed by atoms with E-state index in [-0.39, 0.29) is 18.4 Å². The van der Waals surface area contributed by atoms with Crippen LogP contribution in [0.25, 0.3) is 6.08 Å². The van der Waals surface area contributed by atoms with Crippen molar-refractivity contribution in [2.24, 2.45) is 11.3 Å². The lowest BCUT2D eigenvalue weighted by Gasteiger charge is -2.28. The number of pyridine rings is 1. The number of carbonyl (C=O) groups excluding carboxylic acids is 1. The minimum Gasteiger partial charge on any atom is -0.481 e. The zero-order valence-electron chi connectivity index (χ0n) is 12.3. The molecule has 1 atom stereocenters. The molecular weight excluding hydrogens is 268 g/mol. The molecule has 0 spiro atoms. The molecule has 21 heavy (non-hydrogen) atoms. The molecule has 1 aliphatic heterocycles. The van der Waals surface area contributed by atoms with Crippen molar-refractivity contribution in [3.63, 3.8) is 0 Å². The van der Waals surface area contributed by atoms with Crippen molar-refractivity contribution in [3.05, 3.63) is 36.2 Å². The summed E-state index contributed by atoms with van der Waals surface area (Å²) in [5.41, 5.74) is 0.0241. The van der Waals surface area contributed by atoms with Crippen LogP contribution in [0.5, 0.6) is 0 Å². The molecule has 0 saturated carbocycles. The molecule has 0 aliphatic carbocycles. The Hall–Kier alpha value is -2.17. The first-order valence-corrected chi connectivity index (χ1v) is 7.06. The summed E-state index contributed by atoms with van der Waals surface area (Å²) < 4.78 is 0. The van der Waals surface area contributed by atoms with E-state index in [1.54, 1.807) is 29.4 Å². The molecule has 1 aromatic heterocycles. The van der Waals surface area contributed by atoms with Gasteiger partial charge in [0.2, 0.25) is 5.91 Å². The maximum absolute atomic E-state index is 12.2. The molecule has 2 heterocycles. The second-order valence-corrected chi connectivity index (χ2v) is 5.75. The summed E-state index contributed by atoms with van der Waals surface area (Å²) in [5, 5.41) is 9.48. The third-order valence-electron chi connectivity index (χ3n) is 4.25. The van der Waals surface area contributed by atoms with Crippen LogP contribution in [-0.2, 0) is 9.59 Å². The average molecular weight is 288 g/mol. The Balaban J connectivity index is 2.06. The molecule has 2 rings (SSSR count). The van der Waals surface area contributed by atoms with Crippen molar-refractivity contribution in [1.82, 2.24) is 9.88 Å². The van der Waals surface area contributed by atoms with Gasteiger partial charge in [-0.15, -0.1) is 0 Å². The monoisotopic (exact) mass is 288 g/mol. The molecule has 1 saturated heterocycles. The van der Waals surface area contributed by atoms with Crippen LogP contribution < -0.4 is 0 Å². The van der Waals surface area contributed by atoms with Gasteiger partial charge < -0.3 is 10.0 Å². The summed E-state index contributed by atoms with van der Waals surface area (Å²) in [5.74, 6) is -0.971. The molecule has 112 valence electrons. The zero-order chi connectivity index (χ0) is 15.5. The lowest BCUT2D eigenvalue weighted by molar-refractivity contribution is -0.151. The fourth-order valence-electron chi connectivity index (χ4n) is 2.66. The molecule has 1 N–H and O–H groups in total. The number of aliphatic carboxylic acids is 1. The highest BCUT2D eigenvalue weighted by Crippen LogP contribution is 2.38. The lowest BCUT2D eigenvalue weighted by Crippen LogP contribution is -2.40. The summed E-state index contributed by atoms with van der Waals surface area (Å²) in [6, 6.07) is 3.66. The SMILES string of the molecule is CC(C)C1(C(=O)O)CCN(C(=O)/C=C/c2cccnc2)C1. The maximum atomic E-state index is 12.2. The highest BCUT2D eigenvalue weighted by Gasteiger charge is 2.48. The van der Waals surface area contributed by atoms with Crippen molar-refractivity contribution in [2.45, 2.75) is 20.3 Å². The Bertz CT molecular complexity index is 554. The van der Waals surface area contributed by atoms with Crippen molar-refractivity contribution in [3.8, 4) is 0 Å². The predicted octanol–water partition coefficient (Wildman–Crippen LogP) is 2.05. The quantitative estimate of drug-likeness (QED) is 0.861. The van der Waals surface area contributed by atoms with Gasteiger partial charge in [-0.3, -0.25) is 14.6 Å². The van der Waals surface area contributed by atoms with Crippen LogP contribution in [-0.4, -0.2) is 40.0 Å². The van der Waals surface area contributed by atoms with Crippen LogP contribution in [0.1, 0.15) is 25.8 Å². The highest BCUT2D eigenvalue weighted by atomic mass is 16.4. The maximum Gasteiger partial charge on any atom is 0.311 e. The molecule has 1 aromatic rings. The second kappa shape index (κ2) is 6.08. The molecule has 0 radical (unpaired) electrons. The summed E-state index contributed by atoms with van der Waals surface area (Å²) in [6.07, 6.45) is 7.03. The largest absolute Gasteiger partial charge is 0.481 e. The van der Waals surface area contributed by atoms with Crippen LogP contribution in [0.2, 0.25) is 0 Å². The van der Waals surface area contributed by atoms with Gasteiger partial charge >= 0.3 is 5.97 Å². The normalized spacial score (nSPS) is 22.1. The molecule has 1 amide bonds. The fourth-order valence-corrected chi connectivity index (χ4v) is 2.66. The minimum absolute atomic E-state index is 0.00453. The Morgan fingerprint density at radius 1 is 1.48 bits per heavy atom. The lowest BCUT2D eigenvalue weighted by atomic mass is 9.76. The van der Waals surface area contributed by atoms with E-state index in [0.717, 1.165) is 5.56 Å². The van der Waals surface area contributed by atoms with Crippen LogP contribution in [0.3, 0.4) is 0 Å². The Kier molecular flexibility index (Phi) is 4.40. The van der Waals surface area contributed by atoms with Gasteiger partial charge in [0.1, 0.15) is 0 Å². The van der Waals surface area contributed by atoms with Gasteiger partial charge in [-0.1, -0.05) is 19.9 Å². The number of carbonyl (C=O) groups is 2. The highest BCUT2D eigenvalue weighted by molar-refractivity contribution is 5.92. The van der Waals surface area contributed by atoms with E-state index in [9.17, 15) is 14.7 Å². The number of hydrogen-bond donors (Lipinski definition) is 1. The average Bonchev–Trinajstić information content (AvgIpc) is 2.92. The standard InChI is InChI=1S/C16H20N2O3/c1-12(2)16(15(20)21)7-9-18(11-16)14(19)6-5-13-4-3-8-17-10-13/h3-6,8,10,12H,7,9,11H2,1-2H3,(H,20,21)/b6-5+. The fraction of sp³-hybridized carbons (Fsp3) is 0.438. The molecular formula is C16H20N2O3. The van der Waals surface area contributed by atoms with Crippen molar-refractivity contribution < 1.29 is 14.7 Å². The number of carboxylic acid groups (broad SMARTS) is 1. The van der Waals surface area contributed by atoms with E-state index in [0.29, 0.717) is 13.0 Å². The van der Waals surface area contributed by atoms with Crippen molar-refractivity contribution >= 4 is 18.0 Å². The molecule has 0 bridgehead atoms. The third-order valence-corrected chi connectivity index (χ3v) is 4.25. The second-order valence-electron chi connectivity index (χ2n) is 5.75. The third kappa shape index (κ3) is 3.12. The first-order chi connectivity index (χ1) is 9.95. The van der Waals surface area contributed by atoms with Crippen molar-refractivity contribution in [1.29, 1.82) is 0 Å². The number of amides is 1. The van der Waals surface area contributed by atoms with Gasteiger partial charge in [0.25, 0.3) is 0 Å². The summed E-state index contributed by atoms with van der Waals surface area (Å²) in [6.45, 7) is 4.55. The zero-order valence-corrected chi connectivity index (χ0v) is 12.3. The van der Waals surface area contributed by atoms with E-state index >= 15 is 0 Å². The van der Waals surface area contributed by atoms with Crippen LogP contribution >= 0.6 is 0 Å². The molecule has 1 aliphatic rings. The topological polar surface area (TPSA) is 70.5 Å². The Labute approximate surface area is 124 Å². The summed E-state index contributed by atoms with van der Waals surface area (Å²) in [4.78, 5) is 29.3. The Morgan fingerprint density at radius 2 is 2.24 bits per heavy atom. The van der Waals surface area contributed by atoms with Crippen LogP contribution in [0.15, 0.2) is 30.6 Å². The number of likely N-dealkylation sites (tertiary alicyclic amines) is 1. The number of hydrogen-bond acceptors (Lipinski definition) is 3. The summed E-state index contributed by atoms with van der Waals surface area (Å²) in [7, 11) is 0. The van der Waals surface area contributed by atoms with E-state index in [1.807, 2.05) is 19.9 Å². The van der Waals surface area contributed by atoms with E-state index < -0.39 is 11.4 Å². The summed E-state index contributed by atoms with van der Waals surface area (Å²) >= 11 is 0. The first kappa shape index (κ1) is 15.2. The molecule has 5 nitrogen and oxygen atoms in total. The number of carboxylic acids is 1. The predicted molar refractivity (Wildman–Crippen MR) is 79.4 cm³/mol. The van der Waals surface area contributed by atoms with Gasteiger partial charge in [0, 0.05) is 31.6 Å². The van der Waals surface area contributed by atoms with Gasteiger partial charge in [-0.05, 0) is 30.0 Å². The van der Waals surface area contributed by atoms with Crippen LogP contribution in [0.4, 0.5) is 0 Å². The molecule has 1 fully saturated rings. The number of aromatic nitrogens is 1. The number of nitrogens with zero attached hydrogens (tertiary/aromatic N) is 2. The van der Waals surface area contributed by atoms with Gasteiger partial charge in [0.05, 0.1) is 5.41 Å². The van der Waals surface area contributed by atoms with E-state index in [2.05, 4.69) is 4.98 Å². The van der Waals surface area contributed by atoms with E-state index in [4.69, 9.17) is 0 Å².